The molecule has 2 atom stereocenters. The van der Waals surface area contributed by atoms with Crippen LogP contribution >= 0.6 is 0 Å². The Morgan fingerprint density at radius 1 is 0.857 bits per heavy atom. The molecular weight excluding hydrogens is 184 g/mol. The number of ether oxygens (including phenoxy) is 4. The minimum absolute atomic E-state index is 0.111. The van der Waals surface area contributed by atoms with Crippen molar-refractivity contribution >= 4 is 0 Å². The largest absolute Gasteiger partial charge is 0.346 e. The summed E-state index contributed by atoms with van der Waals surface area (Å²) < 4.78 is 21.9. The second kappa shape index (κ2) is 5.66. The molecule has 84 valence electrons. The third kappa shape index (κ3) is 3.92. The molecule has 14 heavy (non-hydrogen) atoms. The molecule has 1 rings (SSSR count). The van der Waals surface area contributed by atoms with Crippen LogP contribution in [0.5, 0.6) is 0 Å². The van der Waals surface area contributed by atoms with Crippen LogP contribution in [0.3, 0.4) is 0 Å². The molecule has 0 spiro atoms. The molecule has 0 aromatic rings. The van der Waals surface area contributed by atoms with Gasteiger partial charge < -0.3 is 18.9 Å². The summed E-state index contributed by atoms with van der Waals surface area (Å²) in [5.74, 6) is 0. The lowest BCUT2D eigenvalue weighted by atomic mass is 10.4. The Labute approximate surface area is 85.5 Å². The fourth-order valence-electron chi connectivity index (χ4n) is 1.23. The van der Waals surface area contributed by atoms with Gasteiger partial charge in [0.05, 0.1) is 25.4 Å². The highest BCUT2D eigenvalue weighted by atomic mass is 16.8. The van der Waals surface area contributed by atoms with Crippen LogP contribution in [-0.2, 0) is 18.9 Å². The van der Waals surface area contributed by atoms with Gasteiger partial charge in [0.15, 0.2) is 0 Å². The van der Waals surface area contributed by atoms with Crippen LogP contribution in [0.1, 0.15) is 27.7 Å². The third-order valence-corrected chi connectivity index (χ3v) is 1.68. The van der Waals surface area contributed by atoms with Crippen molar-refractivity contribution in [2.75, 3.05) is 13.2 Å². The number of hydrogen-bond donors (Lipinski definition) is 0. The Balaban J connectivity index is 2.41. The van der Waals surface area contributed by atoms with Crippen molar-refractivity contribution < 1.29 is 18.9 Å². The average Bonchev–Trinajstić information content (AvgIpc) is 2.06. The van der Waals surface area contributed by atoms with Crippen LogP contribution < -0.4 is 0 Å². The maximum absolute atomic E-state index is 5.53. The van der Waals surface area contributed by atoms with E-state index in [4.69, 9.17) is 18.9 Å². The number of hydrogen-bond acceptors (Lipinski definition) is 4. The van der Waals surface area contributed by atoms with E-state index in [2.05, 4.69) is 0 Å². The van der Waals surface area contributed by atoms with Crippen LogP contribution in [0, 0.1) is 0 Å². The summed E-state index contributed by atoms with van der Waals surface area (Å²) >= 11 is 0. The molecule has 0 aliphatic carbocycles. The van der Waals surface area contributed by atoms with Crippen LogP contribution in [0.15, 0.2) is 0 Å². The highest BCUT2D eigenvalue weighted by molar-refractivity contribution is 4.59. The first-order valence-electron chi connectivity index (χ1n) is 5.13. The fraction of sp³-hybridized carbons (Fsp3) is 1.00. The van der Waals surface area contributed by atoms with Crippen LogP contribution in [-0.4, -0.2) is 38.0 Å². The van der Waals surface area contributed by atoms with Crippen molar-refractivity contribution in [3.05, 3.63) is 0 Å². The van der Waals surface area contributed by atoms with Gasteiger partial charge in [-0.25, -0.2) is 0 Å². The first-order chi connectivity index (χ1) is 6.59. The SMILES string of the molecule is CC(C)O[C@H]1OCCO[C@H]1OC(C)C. The zero-order chi connectivity index (χ0) is 10.6. The molecule has 4 nitrogen and oxygen atoms in total. The zero-order valence-corrected chi connectivity index (χ0v) is 9.36. The summed E-state index contributed by atoms with van der Waals surface area (Å²) in [7, 11) is 0. The topological polar surface area (TPSA) is 36.9 Å². The Kier molecular flexibility index (Phi) is 4.81. The first-order valence-corrected chi connectivity index (χ1v) is 5.13. The van der Waals surface area contributed by atoms with Gasteiger partial charge in [-0.2, -0.15) is 0 Å². The molecule has 1 heterocycles. The van der Waals surface area contributed by atoms with Crippen LogP contribution in [0.2, 0.25) is 0 Å². The van der Waals surface area contributed by atoms with Crippen LogP contribution in [0.4, 0.5) is 0 Å². The van der Waals surface area contributed by atoms with E-state index in [1.165, 1.54) is 0 Å². The van der Waals surface area contributed by atoms with Gasteiger partial charge in [-0.3, -0.25) is 0 Å². The van der Waals surface area contributed by atoms with Crippen molar-refractivity contribution in [3.8, 4) is 0 Å². The lowest BCUT2D eigenvalue weighted by Gasteiger charge is -2.33. The van der Waals surface area contributed by atoms with Gasteiger partial charge in [0, 0.05) is 0 Å². The Morgan fingerprint density at radius 3 is 1.50 bits per heavy atom. The molecule has 0 radical (unpaired) electrons. The molecule has 1 fully saturated rings. The van der Waals surface area contributed by atoms with Crippen LogP contribution in [0.25, 0.3) is 0 Å². The van der Waals surface area contributed by atoms with Gasteiger partial charge >= 0.3 is 0 Å². The molecule has 0 amide bonds. The van der Waals surface area contributed by atoms with E-state index in [9.17, 15) is 0 Å². The zero-order valence-electron chi connectivity index (χ0n) is 9.36. The van der Waals surface area contributed by atoms with Gasteiger partial charge in [-0.15, -0.1) is 0 Å². The van der Waals surface area contributed by atoms with E-state index in [1.54, 1.807) is 0 Å². The maximum atomic E-state index is 5.53. The monoisotopic (exact) mass is 204 g/mol. The highest BCUT2D eigenvalue weighted by Crippen LogP contribution is 2.16. The van der Waals surface area contributed by atoms with Gasteiger partial charge in [0.2, 0.25) is 12.6 Å². The van der Waals surface area contributed by atoms with Crippen molar-refractivity contribution in [2.45, 2.75) is 52.5 Å². The van der Waals surface area contributed by atoms with E-state index >= 15 is 0 Å². The second-order valence-corrected chi connectivity index (χ2v) is 3.85. The van der Waals surface area contributed by atoms with Crippen molar-refractivity contribution in [1.82, 2.24) is 0 Å². The normalized spacial score (nSPS) is 28.7. The minimum atomic E-state index is -0.397. The van der Waals surface area contributed by atoms with Gasteiger partial charge in [0.25, 0.3) is 0 Å². The van der Waals surface area contributed by atoms with Gasteiger partial charge in [0.1, 0.15) is 0 Å². The standard InChI is InChI=1S/C10H20O4/c1-7(2)13-9-10(14-8(3)4)12-6-5-11-9/h7-10H,5-6H2,1-4H3/t9-,10+. The van der Waals surface area contributed by atoms with Gasteiger partial charge in [-0.05, 0) is 27.7 Å². The molecule has 1 aliphatic rings. The predicted molar refractivity (Wildman–Crippen MR) is 51.9 cm³/mol. The lowest BCUT2D eigenvalue weighted by molar-refractivity contribution is -0.334. The molecule has 0 bridgehead atoms. The van der Waals surface area contributed by atoms with Crippen molar-refractivity contribution in [2.24, 2.45) is 0 Å². The molecule has 1 saturated heterocycles. The van der Waals surface area contributed by atoms with Crippen molar-refractivity contribution in [3.63, 3.8) is 0 Å². The Bertz CT molecular complexity index is 140. The molecule has 4 heteroatoms. The molecule has 0 unspecified atom stereocenters. The summed E-state index contributed by atoms with van der Waals surface area (Å²) in [5, 5.41) is 0. The molecule has 0 aromatic heterocycles. The molecule has 0 saturated carbocycles. The molecule has 1 aliphatic heterocycles. The maximum Gasteiger partial charge on any atom is 0.209 e. The van der Waals surface area contributed by atoms with E-state index < -0.39 is 12.6 Å². The van der Waals surface area contributed by atoms with Gasteiger partial charge in [-0.1, -0.05) is 0 Å². The lowest BCUT2D eigenvalue weighted by Crippen LogP contribution is -2.44. The Morgan fingerprint density at radius 2 is 1.21 bits per heavy atom. The summed E-state index contributed by atoms with van der Waals surface area (Å²) in [4.78, 5) is 0. The molecular formula is C10H20O4. The fourth-order valence-corrected chi connectivity index (χ4v) is 1.23. The summed E-state index contributed by atoms with van der Waals surface area (Å²) in [5.41, 5.74) is 0. The van der Waals surface area contributed by atoms with E-state index in [1.807, 2.05) is 27.7 Å². The smallest absolute Gasteiger partial charge is 0.209 e. The van der Waals surface area contributed by atoms with E-state index in [0.717, 1.165) is 0 Å². The van der Waals surface area contributed by atoms with E-state index in [-0.39, 0.29) is 12.2 Å². The number of rotatable bonds is 4. The summed E-state index contributed by atoms with van der Waals surface area (Å²) in [6.07, 6.45) is -0.572. The van der Waals surface area contributed by atoms with E-state index in [0.29, 0.717) is 13.2 Å². The Hall–Kier alpha value is -0.160. The first kappa shape index (κ1) is 11.9. The third-order valence-electron chi connectivity index (χ3n) is 1.68. The quantitative estimate of drug-likeness (QED) is 0.696. The minimum Gasteiger partial charge on any atom is -0.346 e. The average molecular weight is 204 g/mol. The second-order valence-electron chi connectivity index (χ2n) is 3.85. The highest BCUT2D eigenvalue weighted by Gasteiger charge is 2.29. The predicted octanol–water partition coefficient (Wildman–Crippen LogP) is 1.54. The molecule has 0 aromatic carbocycles. The summed E-state index contributed by atoms with van der Waals surface area (Å²) in [6.45, 7) is 8.98. The van der Waals surface area contributed by atoms with Crippen molar-refractivity contribution in [1.29, 1.82) is 0 Å². The molecule has 0 N–H and O–H groups in total. The summed E-state index contributed by atoms with van der Waals surface area (Å²) in [6, 6.07) is 0.